The predicted octanol–water partition coefficient (Wildman–Crippen LogP) is 1.65. The van der Waals surface area contributed by atoms with Crippen molar-refractivity contribution in [2.75, 3.05) is 23.4 Å². The van der Waals surface area contributed by atoms with E-state index in [0.717, 1.165) is 23.9 Å². The second-order valence-corrected chi connectivity index (χ2v) is 5.07. The number of nitrogens with zero attached hydrogens (tertiary/aromatic N) is 3. The molecule has 1 fully saturated rings. The van der Waals surface area contributed by atoms with Gasteiger partial charge in [0.1, 0.15) is 0 Å². The van der Waals surface area contributed by atoms with E-state index in [-0.39, 0.29) is 0 Å². The van der Waals surface area contributed by atoms with Gasteiger partial charge in [0.25, 0.3) is 0 Å². The number of aryl methyl sites for hydroxylation is 2. The fourth-order valence-electron chi connectivity index (χ4n) is 1.51. The van der Waals surface area contributed by atoms with Crippen LogP contribution in [0.15, 0.2) is 0 Å². The van der Waals surface area contributed by atoms with Gasteiger partial charge in [0.05, 0.1) is 11.4 Å². The van der Waals surface area contributed by atoms with Gasteiger partial charge in [0, 0.05) is 6.54 Å². The minimum Gasteiger partial charge on any atom is -0.353 e. The van der Waals surface area contributed by atoms with E-state index in [9.17, 15) is 0 Å². The van der Waals surface area contributed by atoms with Gasteiger partial charge in [-0.1, -0.05) is 0 Å². The molecule has 0 saturated carbocycles. The highest BCUT2D eigenvalue weighted by molar-refractivity contribution is 7.99. The van der Waals surface area contributed by atoms with E-state index in [1.54, 1.807) is 0 Å². The maximum absolute atomic E-state index is 4.34. The molecule has 1 aromatic heterocycles. The predicted molar refractivity (Wildman–Crippen MR) is 63.2 cm³/mol. The lowest BCUT2D eigenvalue weighted by molar-refractivity contribution is 0.627. The number of nitrogens with one attached hydrogen (secondary N) is 1. The molecular weight excluding hydrogens is 208 g/mol. The van der Waals surface area contributed by atoms with Crippen molar-refractivity contribution >= 4 is 17.7 Å². The van der Waals surface area contributed by atoms with Gasteiger partial charge in [0.2, 0.25) is 5.95 Å². The third-order valence-electron chi connectivity index (χ3n) is 2.66. The molecule has 15 heavy (non-hydrogen) atoms. The standard InChI is InChI=1S/C10H16N4S/c1-7-8(2)13-14-10(12-7)11-5-9-3-4-15-6-9/h9H,3-6H2,1-2H3,(H,11,12,14). The number of thioether (sulfide) groups is 1. The highest BCUT2D eigenvalue weighted by atomic mass is 32.2. The maximum atomic E-state index is 4.34. The van der Waals surface area contributed by atoms with Crippen LogP contribution in [-0.2, 0) is 0 Å². The van der Waals surface area contributed by atoms with Crippen LogP contribution in [0.25, 0.3) is 0 Å². The number of hydrogen-bond donors (Lipinski definition) is 1. The van der Waals surface area contributed by atoms with E-state index in [2.05, 4.69) is 20.5 Å². The molecule has 1 atom stereocenters. The zero-order valence-corrected chi connectivity index (χ0v) is 9.97. The lowest BCUT2D eigenvalue weighted by Crippen LogP contribution is -2.16. The number of aromatic nitrogens is 3. The van der Waals surface area contributed by atoms with Crippen molar-refractivity contribution in [3.63, 3.8) is 0 Å². The average molecular weight is 224 g/mol. The van der Waals surface area contributed by atoms with E-state index in [1.165, 1.54) is 17.9 Å². The summed E-state index contributed by atoms with van der Waals surface area (Å²) >= 11 is 2.03. The highest BCUT2D eigenvalue weighted by Crippen LogP contribution is 2.23. The van der Waals surface area contributed by atoms with Gasteiger partial charge in [-0.2, -0.15) is 16.9 Å². The van der Waals surface area contributed by atoms with Gasteiger partial charge >= 0.3 is 0 Å². The molecule has 0 radical (unpaired) electrons. The third kappa shape index (κ3) is 2.81. The Bertz CT molecular complexity index is 336. The molecular formula is C10H16N4S. The van der Waals surface area contributed by atoms with Crippen LogP contribution in [-0.4, -0.2) is 33.2 Å². The Balaban J connectivity index is 1.90. The third-order valence-corrected chi connectivity index (χ3v) is 3.90. The Labute approximate surface area is 94.3 Å². The summed E-state index contributed by atoms with van der Waals surface area (Å²) in [5.74, 6) is 3.97. The smallest absolute Gasteiger partial charge is 0.242 e. The van der Waals surface area contributed by atoms with E-state index in [0.29, 0.717) is 5.95 Å². The van der Waals surface area contributed by atoms with Crippen LogP contribution in [0.3, 0.4) is 0 Å². The summed E-state index contributed by atoms with van der Waals surface area (Å²) in [6, 6.07) is 0. The molecule has 0 aromatic carbocycles. The first-order chi connectivity index (χ1) is 7.25. The van der Waals surface area contributed by atoms with Crippen LogP contribution >= 0.6 is 11.8 Å². The van der Waals surface area contributed by atoms with Crippen LogP contribution in [0.5, 0.6) is 0 Å². The topological polar surface area (TPSA) is 50.7 Å². The summed E-state index contributed by atoms with van der Waals surface area (Å²) in [5, 5.41) is 11.3. The molecule has 1 aliphatic heterocycles. The largest absolute Gasteiger partial charge is 0.353 e. The van der Waals surface area contributed by atoms with Crippen molar-refractivity contribution in [3.8, 4) is 0 Å². The molecule has 1 saturated heterocycles. The Kier molecular flexibility index (Phi) is 3.41. The van der Waals surface area contributed by atoms with Gasteiger partial charge in [-0.3, -0.25) is 0 Å². The summed E-state index contributed by atoms with van der Waals surface area (Å²) in [4.78, 5) is 4.34. The second kappa shape index (κ2) is 4.79. The normalized spacial score (nSPS) is 20.5. The summed E-state index contributed by atoms with van der Waals surface area (Å²) in [6.45, 7) is 4.85. The summed E-state index contributed by atoms with van der Waals surface area (Å²) < 4.78 is 0. The van der Waals surface area contributed by atoms with E-state index in [1.807, 2.05) is 25.6 Å². The summed E-state index contributed by atoms with van der Waals surface area (Å²) in [7, 11) is 0. The monoisotopic (exact) mass is 224 g/mol. The lowest BCUT2D eigenvalue weighted by Gasteiger charge is -2.09. The van der Waals surface area contributed by atoms with Gasteiger partial charge < -0.3 is 5.32 Å². The summed E-state index contributed by atoms with van der Waals surface area (Å²) in [5.41, 5.74) is 1.85. The molecule has 0 amide bonds. The van der Waals surface area contributed by atoms with Gasteiger partial charge in [-0.25, -0.2) is 4.98 Å². The minimum absolute atomic E-state index is 0.662. The molecule has 82 valence electrons. The average Bonchev–Trinajstić information content (AvgIpc) is 2.73. The zero-order chi connectivity index (χ0) is 10.7. The zero-order valence-electron chi connectivity index (χ0n) is 9.16. The molecule has 1 unspecified atom stereocenters. The SMILES string of the molecule is Cc1nnc(NCC2CCSC2)nc1C. The molecule has 0 bridgehead atoms. The second-order valence-electron chi connectivity index (χ2n) is 3.92. The molecule has 1 aliphatic rings. The van der Waals surface area contributed by atoms with E-state index in [4.69, 9.17) is 0 Å². The number of anilines is 1. The van der Waals surface area contributed by atoms with Gasteiger partial charge in [-0.15, -0.1) is 5.10 Å². The Morgan fingerprint density at radius 3 is 2.87 bits per heavy atom. The fraction of sp³-hybridized carbons (Fsp3) is 0.700. The molecule has 1 aromatic rings. The molecule has 5 heteroatoms. The Hall–Kier alpha value is -0.840. The molecule has 0 aliphatic carbocycles. The van der Waals surface area contributed by atoms with Crippen LogP contribution in [0, 0.1) is 19.8 Å². The molecule has 4 nitrogen and oxygen atoms in total. The Morgan fingerprint density at radius 1 is 1.33 bits per heavy atom. The van der Waals surface area contributed by atoms with Crippen molar-refractivity contribution in [2.24, 2.45) is 5.92 Å². The molecule has 1 N–H and O–H groups in total. The first kappa shape index (κ1) is 10.7. The van der Waals surface area contributed by atoms with Crippen LogP contribution < -0.4 is 5.32 Å². The van der Waals surface area contributed by atoms with Crippen molar-refractivity contribution in [1.82, 2.24) is 15.2 Å². The van der Waals surface area contributed by atoms with E-state index < -0.39 is 0 Å². The highest BCUT2D eigenvalue weighted by Gasteiger charge is 2.15. The molecule has 2 rings (SSSR count). The first-order valence-electron chi connectivity index (χ1n) is 5.25. The molecule has 2 heterocycles. The van der Waals surface area contributed by atoms with Crippen molar-refractivity contribution < 1.29 is 0 Å². The van der Waals surface area contributed by atoms with Crippen LogP contribution in [0.4, 0.5) is 5.95 Å². The minimum atomic E-state index is 0.662. The van der Waals surface area contributed by atoms with Gasteiger partial charge in [-0.05, 0) is 37.7 Å². The lowest BCUT2D eigenvalue weighted by atomic mass is 10.1. The summed E-state index contributed by atoms with van der Waals surface area (Å²) in [6.07, 6.45) is 1.30. The van der Waals surface area contributed by atoms with Gasteiger partial charge in [0.15, 0.2) is 0 Å². The quantitative estimate of drug-likeness (QED) is 0.846. The van der Waals surface area contributed by atoms with Crippen molar-refractivity contribution in [2.45, 2.75) is 20.3 Å². The Morgan fingerprint density at radius 2 is 2.20 bits per heavy atom. The van der Waals surface area contributed by atoms with Crippen LogP contribution in [0.1, 0.15) is 17.8 Å². The van der Waals surface area contributed by atoms with Crippen LogP contribution in [0.2, 0.25) is 0 Å². The van der Waals surface area contributed by atoms with Crippen molar-refractivity contribution in [3.05, 3.63) is 11.4 Å². The first-order valence-corrected chi connectivity index (χ1v) is 6.40. The number of rotatable bonds is 3. The maximum Gasteiger partial charge on any atom is 0.242 e. The molecule has 0 spiro atoms. The fourth-order valence-corrected chi connectivity index (χ4v) is 2.80. The number of hydrogen-bond acceptors (Lipinski definition) is 5. The van der Waals surface area contributed by atoms with Crippen molar-refractivity contribution in [1.29, 1.82) is 0 Å². The van der Waals surface area contributed by atoms with E-state index >= 15 is 0 Å².